The lowest BCUT2D eigenvalue weighted by atomic mass is 10.1. The fourth-order valence-corrected chi connectivity index (χ4v) is 4.22. The van der Waals surface area contributed by atoms with Crippen LogP contribution in [0.3, 0.4) is 0 Å². The number of rotatable bonds is 5. The summed E-state index contributed by atoms with van der Waals surface area (Å²) in [6.45, 7) is 4.31. The van der Waals surface area contributed by atoms with Crippen LogP contribution in [0, 0.1) is 0 Å². The van der Waals surface area contributed by atoms with Crippen molar-refractivity contribution in [3.8, 4) is 0 Å². The first-order valence-corrected chi connectivity index (χ1v) is 11.1. The molecule has 7 heteroatoms. The normalized spacial score (nSPS) is 17.8. The van der Waals surface area contributed by atoms with Crippen LogP contribution in [0.15, 0.2) is 48.5 Å². The highest BCUT2D eigenvalue weighted by Gasteiger charge is 2.28. The molecule has 2 heterocycles. The van der Waals surface area contributed by atoms with Crippen LogP contribution in [0.1, 0.15) is 40.7 Å². The van der Waals surface area contributed by atoms with Crippen LogP contribution in [-0.2, 0) is 22.7 Å². The largest absolute Gasteiger partial charge is 0.337 e. The molecule has 0 aromatic heterocycles. The van der Waals surface area contributed by atoms with E-state index in [1.54, 1.807) is 12.1 Å². The first-order valence-electron chi connectivity index (χ1n) is 10.7. The summed E-state index contributed by atoms with van der Waals surface area (Å²) in [7, 11) is 0. The van der Waals surface area contributed by atoms with Gasteiger partial charge in [-0.15, -0.1) is 0 Å². The Kier molecular flexibility index (Phi) is 6.68. The molecule has 4 rings (SSSR count). The number of halogens is 1. The van der Waals surface area contributed by atoms with Gasteiger partial charge in [-0.25, -0.2) is 0 Å². The second kappa shape index (κ2) is 9.62. The second-order valence-electron chi connectivity index (χ2n) is 8.12. The van der Waals surface area contributed by atoms with Crippen molar-refractivity contribution in [2.45, 2.75) is 32.4 Å². The van der Waals surface area contributed by atoms with Crippen LogP contribution in [0.4, 0.5) is 0 Å². The molecule has 2 aliphatic rings. The van der Waals surface area contributed by atoms with Crippen molar-refractivity contribution in [2.75, 3.05) is 26.2 Å². The Morgan fingerprint density at radius 3 is 2.06 bits per heavy atom. The molecule has 3 amide bonds. The summed E-state index contributed by atoms with van der Waals surface area (Å²) >= 11 is 5.97. The topological polar surface area (TPSA) is 60.9 Å². The number of likely N-dealkylation sites (tertiary alicyclic amines) is 1. The number of benzene rings is 2. The monoisotopic (exact) mass is 439 g/mol. The Bertz CT molecular complexity index is 943. The van der Waals surface area contributed by atoms with Gasteiger partial charge in [0.25, 0.3) is 5.91 Å². The van der Waals surface area contributed by atoms with Gasteiger partial charge in [-0.3, -0.25) is 24.2 Å². The van der Waals surface area contributed by atoms with E-state index in [9.17, 15) is 14.4 Å². The van der Waals surface area contributed by atoms with Gasteiger partial charge in [0.05, 0.1) is 6.54 Å². The van der Waals surface area contributed by atoms with E-state index in [4.69, 9.17) is 11.6 Å². The van der Waals surface area contributed by atoms with Crippen LogP contribution in [0.5, 0.6) is 0 Å². The molecular weight excluding hydrogens is 414 g/mol. The summed E-state index contributed by atoms with van der Waals surface area (Å²) in [4.78, 5) is 42.1. The van der Waals surface area contributed by atoms with Gasteiger partial charge in [0.1, 0.15) is 0 Å². The van der Waals surface area contributed by atoms with Crippen molar-refractivity contribution < 1.29 is 14.4 Å². The van der Waals surface area contributed by atoms with Gasteiger partial charge in [-0.1, -0.05) is 35.9 Å². The van der Waals surface area contributed by atoms with E-state index in [2.05, 4.69) is 4.90 Å². The zero-order chi connectivity index (χ0) is 21.8. The third-order valence-electron chi connectivity index (χ3n) is 5.89. The van der Waals surface area contributed by atoms with Gasteiger partial charge >= 0.3 is 0 Å². The summed E-state index contributed by atoms with van der Waals surface area (Å²) < 4.78 is 0. The molecule has 31 heavy (non-hydrogen) atoms. The van der Waals surface area contributed by atoms with Gasteiger partial charge in [0.2, 0.25) is 11.8 Å². The number of nitrogens with zero attached hydrogens (tertiary/aromatic N) is 3. The van der Waals surface area contributed by atoms with E-state index in [-0.39, 0.29) is 24.3 Å². The molecule has 6 nitrogen and oxygen atoms in total. The minimum Gasteiger partial charge on any atom is -0.337 e. The van der Waals surface area contributed by atoms with Crippen molar-refractivity contribution in [1.29, 1.82) is 0 Å². The molecule has 0 radical (unpaired) electrons. The standard InChI is InChI=1S/C24H26ClN3O3/c25-21-8-4-18(5-9-21)16-26-12-1-13-27(15-14-26)24(31)20-6-2-19(3-7-20)17-28-22(29)10-11-23(28)30/h2-9H,1,10-17H2. The molecule has 0 aliphatic carbocycles. The van der Waals surface area contributed by atoms with Crippen LogP contribution < -0.4 is 0 Å². The van der Waals surface area contributed by atoms with Gasteiger partial charge in [0.15, 0.2) is 0 Å². The second-order valence-corrected chi connectivity index (χ2v) is 8.56. The van der Waals surface area contributed by atoms with Crippen LogP contribution in [0.25, 0.3) is 0 Å². The summed E-state index contributed by atoms with van der Waals surface area (Å²) in [6, 6.07) is 15.1. The van der Waals surface area contributed by atoms with E-state index in [0.717, 1.165) is 43.2 Å². The zero-order valence-corrected chi connectivity index (χ0v) is 18.2. The Hall–Kier alpha value is -2.70. The Morgan fingerprint density at radius 2 is 1.39 bits per heavy atom. The minimum atomic E-state index is -0.127. The molecule has 162 valence electrons. The van der Waals surface area contributed by atoms with Gasteiger partial charge in [-0.05, 0) is 41.8 Å². The first kappa shape index (κ1) is 21.5. The average molecular weight is 440 g/mol. The summed E-state index contributed by atoms with van der Waals surface area (Å²) in [5.74, 6) is -0.232. The molecule has 0 atom stereocenters. The molecule has 2 fully saturated rings. The molecule has 0 spiro atoms. The van der Waals surface area contributed by atoms with Crippen molar-refractivity contribution in [3.63, 3.8) is 0 Å². The first-order chi connectivity index (χ1) is 15.0. The molecule has 0 N–H and O–H groups in total. The van der Waals surface area contributed by atoms with Crippen molar-refractivity contribution in [1.82, 2.24) is 14.7 Å². The third kappa shape index (κ3) is 5.32. The lowest BCUT2D eigenvalue weighted by molar-refractivity contribution is -0.139. The summed E-state index contributed by atoms with van der Waals surface area (Å²) in [6.07, 6.45) is 1.51. The number of amides is 3. The SMILES string of the molecule is O=C(c1ccc(CN2C(=O)CCC2=O)cc1)N1CCCN(Cc2ccc(Cl)cc2)CC1. The maximum atomic E-state index is 13.0. The van der Waals surface area contributed by atoms with Crippen LogP contribution in [0.2, 0.25) is 5.02 Å². The third-order valence-corrected chi connectivity index (χ3v) is 6.14. The van der Waals surface area contributed by atoms with Gasteiger partial charge in [-0.2, -0.15) is 0 Å². The lowest BCUT2D eigenvalue weighted by Crippen LogP contribution is -2.35. The Labute approximate surface area is 187 Å². The average Bonchev–Trinajstić information content (AvgIpc) is 2.95. The smallest absolute Gasteiger partial charge is 0.253 e. The number of carbonyl (C=O) groups is 3. The Morgan fingerprint density at radius 1 is 0.774 bits per heavy atom. The Balaban J connectivity index is 1.33. The van der Waals surface area contributed by atoms with E-state index in [0.29, 0.717) is 24.9 Å². The predicted octanol–water partition coefficient (Wildman–Crippen LogP) is 3.34. The van der Waals surface area contributed by atoms with Gasteiger partial charge < -0.3 is 4.90 Å². The highest BCUT2D eigenvalue weighted by molar-refractivity contribution is 6.30. The zero-order valence-electron chi connectivity index (χ0n) is 17.4. The molecular formula is C24H26ClN3O3. The molecule has 2 aliphatic heterocycles. The number of carbonyl (C=O) groups excluding carboxylic acids is 3. The summed E-state index contributed by atoms with van der Waals surface area (Å²) in [5.41, 5.74) is 2.70. The number of imide groups is 1. The quantitative estimate of drug-likeness (QED) is 0.670. The highest BCUT2D eigenvalue weighted by Crippen LogP contribution is 2.18. The van der Waals surface area contributed by atoms with E-state index in [1.807, 2.05) is 41.3 Å². The maximum Gasteiger partial charge on any atom is 0.253 e. The van der Waals surface area contributed by atoms with Crippen LogP contribution >= 0.6 is 11.6 Å². The van der Waals surface area contributed by atoms with Crippen molar-refractivity contribution in [3.05, 3.63) is 70.2 Å². The highest BCUT2D eigenvalue weighted by atomic mass is 35.5. The van der Waals surface area contributed by atoms with E-state index >= 15 is 0 Å². The maximum absolute atomic E-state index is 13.0. The lowest BCUT2D eigenvalue weighted by Gasteiger charge is -2.22. The fourth-order valence-electron chi connectivity index (χ4n) is 4.10. The summed E-state index contributed by atoms with van der Waals surface area (Å²) in [5, 5.41) is 0.737. The van der Waals surface area contributed by atoms with E-state index in [1.165, 1.54) is 10.5 Å². The molecule has 2 aromatic carbocycles. The molecule has 2 aromatic rings. The molecule has 0 bridgehead atoms. The van der Waals surface area contributed by atoms with Gasteiger partial charge in [0, 0.05) is 56.2 Å². The molecule has 0 saturated carbocycles. The number of hydrogen-bond acceptors (Lipinski definition) is 4. The van der Waals surface area contributed by atoms with Crippen LogP contribution in [-0.4, -0.2) is 58.6 Å². The molecule has 2 saturated heterocycles. The van der Waals surface area contributed by atoms with Crippen molar-refractivity contribution in [2.24, 2.45) is 0 Å². The molecule has 0 unspecified atom stereocenters. The minimum absolute atomic E-state index is 0.0215. The number of hydrogen-bond donors (Lipinski definition) is 0. The predicted molar refractivity (Wildman–Crippen MR) is 118 cm³/mol. The van der Waals surface area contributed by atoms with E-state index < -0.39 is 0 Å². The van der Waals surface area contributed by atoms with Crippen molar-refractivity contribution >= 4 is 29.3 Å². The fraction of sp³-hybridized carbons (Fsp3) is 0.375.